The summed E-state index contributed by atoms with van der Waals surface area (Å²) in [6, 6.07) is 20.0. The van der Waals surface area contributed by atoms with Gasteiger partial charge in [0.15, 0.2) is 0 Å². The minimum absolute atomic E-state index is 0.339. The number of aryl methyl sites for hydroxylation is 2. The highest BCUT2D eigenvalue weighted by Crippen LogP contribution is 2.64. The van der Waals surface area contributed by atoms with E-state index >= 15 is 0 Å². The zero-order valence-electron chi connectivity index (χ0n) is 17.6. The number of rotatable bonds is 2. The van der Waals surface area contributed by atoms with Crippen molar-refractivity contribution < 1.29 is 14.5 Å². The Morgan fingerprint density at radius 3 is 2.03 bits per heavy atom. The maximum atomic E-state index is 13.9. The first-order valence-electron chi connectivity index (χ1n) is 10.7. The maximum Gasteiger partial charge on any atom is 0.285 e. The lowest BCUT2D eigenvalue weighted by Crippen LogP contribution is -2.57. The van der Waals surface area contributed by atoms with Crippen LogP contribution < -0.4 is 4.90 Å². The van der Waals surface area contributed by atoms with Gasteiger partial charge in [-0.25, -0.2) is 4.90 Å². The van der Waals surface area contributed by atoms with Gasteiger partial charge in [0.05, 0.1) is 11.6 Å². The second kappa shape index (κ2) is 6.13. The molecular formula is C26H20N2O4. The van der Waals surface area contributed by atoms with E-state index in [0.717, 1.165) is 22.3 Å². The highest BCUT2D eigenvalue weighted by Gasteiger charge is 2.74. The molecule has 3 aliphatic carbocycles. The number of anilines is 1. The van der Waals surface area contributed by atoms with Gasteiger partial charge in [0.2, 0.25) is 11.8 Å². The Balaban J connectivity index is 1.67. The fourth-order valence-corrected chi connectivity index (χ4v) is 6.34. The number of carbonyl (C=O) groups is 2. The Morgan fingerprint density at radius 1 is 0.875 bits per heavy atom. The van der Waals surface area contributed by atoms with Gasteiger partial charge in [-0.15, -0.1) is 0 Å². The summed E-state index contributed by atoms with van der Waals surface area (Å²) < 4.78 is 0. The first-order chi connectivity index (χ1) is 15.4. The summed E-state index contributed by atoms with van der Waals surface area (Å²) in [5.74, 6) is -3.12. The maximum absolute atomic E-state index is 13.9. The van der Waals surface area contributed by atoms with Gasteiger partial charge in [-0.2, -0.15) is 0 Å². The van der Waals surface area contributed by atoms with Gasteiger partial charge < -0.3 is 0 Å². The molecule has 1 heterocycles. The lowest BCUT2D eigenvalue weighted by Gasteiger charge is -2.48. The first-order valence-corrected chi connectivity index (χ1v) is 10.7. The Morgan fingerprint density at radius 2 is 1.47 bits per heavy atom. The summed E-state index contributed by atoms with van der Waals surface area (Å²) in [4.78, 5) is 41.5. The molecule has 3 aromatic carbocycles. The molecule has 6 nitrogen and oxygen atoms in total. The van der Waals surface area contributed by atoms with Crippen LogP contribution in [0, 0.1) is 35.8 Å². The van der Waals surface area contributed by atoms with E-state index < -0.39 is 23.3 Å². The molecule has 0 aromatic heterocycles. The van der Waals surface area contributed by atoms with E-state index in [1.165, 1.54) is 4.90 Å². The molecule has 3 aromatic rings. The van der Waals surface area contributed by atoms with Gasteiger partial charge in [0.1, 0.15) is 5.92 Å². The predicted octanol–water partition coefficient (Wildman–Crippen LogP) is 4.09. The molecule has 32 heavy (non-hydrogen) atoms. The SMILES string of the molecule is Cc1ccc(N2C(=O)[C@@H]3[C@@H](C2=O)C2c4ccccc4C3([N+](=O)[O-])c3ccccc32)c(C)c1. The molecular weight excluding hydrogens is 404 g/mol. The van der Waals surface area contributed by atoms with Crippen molar-refractivity contribution in [3.63, 3.8) is 0 Å². The van der Waals surface area contributed by atoms with Crippen molar-refractivity contribution in [1.29, 1.82) is 0 Å². The molecule has 2 bridgehead atoms. The van der Waals surface area contributed by atoms with Crippen molar-refractivity contribution in [3.8, 4) is 0 Å². The molecule has 0 unspecified atom stereocenters. The number of imide groups is 1. The van der Waals surface area contributed by atoms with E-state index in [9.17, 15) is 19.7 Å². The average molecular weight is 424 g/mol. The number of carbonyl (C=O) groups excluding carboxylic acids is 2. The predicted molar refractivity (Wildman–Crippen MR) is 118 cm³/mol. The fraction of sp³-hybridized carbons (Fsp3) is 0.231. The molecule has 2 amide bonds. The lowest BCUT2D eigenvalue weighted by molar-refractivity contribution is -0.578. The van der Waals surface area contributed by atoms with Crippen molar-refractivity contribution in [2.24, 2.45) is 11.8 Å². The lowest BCUT2D eigenvalue weighted by atomic mass is 9.51. The van der Waals surface area contributed by atoms with Gasteiger partial charge in [-0.05, 0) is 36.6 Å². The van der Waals surface area contributed by atoms with Crippen LogP contribution in [0.1, 0.15) is 39.3 Å². The highest BCUT2D eigenvalue weighted by atomic mass is 16.6. The minimum atomic E-state index is -1.79. The van der Waals surface area contributed by atoms with Crippen LogP contribution >= 0.6 is 0 Å². The monoisotopic (exact) mass is 424 g/mol. The number of nitro groups is 1. The number of amides is 2. The second-order valence-electron chi connectivity index (χ2n) is 8.98. The van der Waals surface area contributed by atoms with E-state index in [2.05, 4.69) is 0 Å². The third-order valence-electron chi connectivity index (χ3n) is 7.45. The van der Waals surface area contributed by atoms with Crippen molar-refractivity contribution in [2.75, 3.05) is 4.90 Å². The summed E-state index contributed by atoms with van der Waals surface area (Å²) in [5.41, 5.74) is 3.13. The third-order valence-corrected chi connectivity index (χ3v) is 7.45. The van der Waals surface area contributed by atoms with Gasteiger partial charge in [-0.1, -0.05) is 66.2 Å². The molecule has 6 heteroatoms. The molecule has 7 rings (SSSR count). The van der Waals surface area contributed by atoms with Crippen LogP contribution in [0.5, 0.6) is 0 Å². The Labute approximate surface area is 184 Å². The number of nitrogens with zero attached hydrogens (tertiary/aromatic N) is 2. The summed E-state index contributed by atoms with van der Waals surface area (Å²) >= 11 is 0. The van der Waals surface area contributed by atoms with Crippen LogP contribution in [0.15, 0.2) is 66.7 Å². The van der Waals surface area contributed by atoms with E-state index in [-0.39, 0.29) is 16.7 Å². The Hall–Kier alpha value is -3.80. The van der Waals surface area contributed by atoms with Crippen molar-refractivity contribution in [1.82, 2.24) is 0 Å². The molecule has 0 saturated carbocycles. The van der Waals surface area contributed by atoms with Gasteiger partial charge in [0.25, 0.3) is 5.54 Å². The summed E-state index contributed by atoms with van der Waals surface area (Å²) in [6.45, 7) is 3.80. The summed E-state index contributed by atoms with van der Waals surface area (Å²) in [5, 5.41) is 12.9. The van der Waals surface area contributed by atoms with Crippen LogP contribution in [0.4, 0.5) is 5.69 Å². The van der Waals surface area contributed by atoms with Crippen LogP contribution in [-0.2, 0) is 15.1 Å². The Bertz CT molecular complexity index is 1310. The zero-order valence-corrected chi connectivity index (χ0v) is 17.6. The van der Waals surface area contributed by atoms with E-state index in [1.807, 2.05) is 50.2 Å². The highest BCUT2D eigenvalue weighted by molar-refractivity contribution is 6.24. The van der Waals surface area contributed by atoms with Crippen LogP contribution in [0.2, 0.25) is 0 Å². The first kappa shape index (κ1) is 18.9. The molecule has 0 radical (unpaired) electrons. The van der Waals surface area contributed by atoms with Gasteiger partial charge in [0, 0.05) is 22.0 Å². The van der Waals surface area contributed by atoms with E-state index in [0.29, 0.717) is 16.8 Å². The zero-order chi connectivity index (χ0) is 22.4. The van der Waals surface area contributed by atoms with Gasteiger partial charge >= 0.3 is 0 Å². The molecule has 1 saturated heterocycles. The smallest absolute Gasteiger partial charge is 0.274 e. The molecule has 0 spiro atoms. The fourth-order valence-electron chi connectivity index (χ4n) is 6.34. The topological polar surface area (TPSA) is 80.5 Å². The Kier molecular flexibility index (Phi) is 3.62. The van der Waals surface area contributed by atoms with Crippen LogP contribution in [-0.4, -0.2) is 16.7 Å². The normalized spacial score (nSPS) is 27.2. The molecule has 1 aliphatic heterocycles. The van der Waals surface area contributed by atoms with Crippen molar-refractivity contribution >= 4 is 17.5 Å². The largest absolute Gasteiger partial charge is 0.285 e. The third kappa shape index (κ3) is 2.00. The summed E-state index contributed by atoms with van der Waals surface area (Å²) in [7, 11) is 0. The summed E-state index contributed by atoms with van der Waals surface area (Å²) in [6.07, 6.45) is 0. The standard InChI is InChI=1S/C26H20N2O4/c1-14-11-12-20(15(2)13-14)27-24(29)22-21-16-7-3-5-9-18(16)26(28(31)32,23(22)25(27)30)19-10-6-4-8-17(19)21/h3-13,21-23H,1-2H3/t21?,22-,23-,26?/m0/s1. The average Bonchev–Trinajstić information content (AvgIpc) is 3.05. The number of hydrogen-bond donors (Lipinski definition) is 0. The molecule has 0 N–H and O–H groups in total. The van der Waals surface area contributed by atoms with E-state index in [1.54, 1.807) is 30.3 Å². The van der Waals surface area contributed by atoms with E-state index in [4.69, 9.17) is 0 Å². The molecule has 4 aliphatic rings. The number of benzene rings is 3. The number of hydrogen-bond acceptors (Lipinski definition) is 4. The van der Waals surface area contributed by atoms with Crippen LogP contribution in [0.3, 0.4) is 0 Å². The minimum Gasteiger partial charge on any atom is -0.274 e. The second-order valence-corrected chi connectivity index (χ2v) is 8.98. The van der Waals surface area contributed by atoms with Crippen molar-refractivity contribution in [3.05, 3.63) is 110 Å². The van der Waals surface area contributed by atoms with Crippen LogP contribution in [0.25, 0.3) is 0 Å². The molecule has 158 valence electrons. The molecule has 2 atom stereocenters. The molecule has 1 fully saturated rings. The quantitative estimate of drug-likeness (QED) is 0.353. The van der Waals surface area contributed by atoms with Gasteiger partial charge in [-0.3, -0.25) is 19.7 Å². The van der Waals surface area contributed by atoms with Crippen molar-refractivity contribution in [2.45, 2.75) is 25.3 Å².